The summed E-state index contributed by atoms with van der Waals surface area (Å²) in [5.74, 6) is -0.170. The molecule has 0 unspecified atom stereocenters. The molecule has 0 radical (unpaired) electrons. The zero-order chi connectivity index (χ0) is 12.3. The molecule has 0 aliphatic carbocycles. The molecular formula is C11H8ClN3O2. The molecule has 2 aromatic heterocycles. The number of anilines is 1. The highest BCUT2D eigenvalue weighted by Gasteiger charge is 2.09. The average molecular weight is 250 g/mol. The van der Waals surface area contributed by atoms with Crippen LogP contribution in [0.25, 0.3) is 0 Å². The molecule has 6 heteroatoms. The Morgan fingerprint density at radius 1 is 1.41 bits per heavy atom. The van der Waals surface area contributed by atoms with E-state index in [1.807, 2.05) is 0 Å². The van der Waals surface area contributed by atoms with Gasteiger partial charge in [0.05, 0.1) is 5.02 Å². The zero-order valence-electron chi connectivity index (χ0n) is 8.61. The lowest BCUT2D eigenvalue weighted by atomic mass is 10.2. The minimum absolute atomic E-state index is 0.246. The van der Waals surface area contributed by atoms with Crippen LogP contribution in [0.4, 0.5) is 5.82 Å². The van der Waals surface area contributed by atoms with Gasteiger partial charge in [-0.2, -0.15) is 0 Å². The van der Waals surface area contributed by atoms with E-state index in [4.69, 9.17) is 11.6 Å². The molecule has 0 aliphatic rings. The molecule has 0 aromatic carbocycles. The maximum atomic E-state index is 11.8. The highest BCUT2D eigenvalue weighted by Crippen LogP contribution is 2.17. The number of amides is 1. The van der Waals surface area contributed by atoms with Crippen molar-refractivity contribution in [3.8, 4) is 0 Å². The predicted octanol–water partition coefficient (Wildman–Crippen LogP) is 1.68. The van der Waals surface area contributed by atoms with Crippen LogP contribution < -0.4 is 10.9 Å². The largest absolute Gasteiger partial charge is 0.329 e. The number of H-pyrrole nitrogens is 1. The fourth-order valence-electron chi connectivity index (χ4n) is 1.24. The summed E-state index contributed by atoms with van der Waals surface area (Å²) < 4.78 is 0. The van der Waals surface area contributed by atoms with E-state index in [1.165, 1.54) is 24.5 Å². The van der Waals surface area contributed by atoms with Crippen molar-refractivity contribution in [3.63, 3.8) is 0 Å². The lowest BCUT2D eigenvalue weighted by Gasteiger charge is -2.05. The molecule has 0 saturated carbocycles. The highest BCUT2D eigenvalue weighted by molar-refractivity contribution is 6.33. The van der Waals surface area contributed by atoms with Crippen molar-refractivity contribution in [2.24, 2.45) is 0 Å². The van der Waals surface area contributed by atoms with E-state index in [-0.39, 0.29) is 16.9 Å². The van der Waals surface area contributed by atoms with Gasteiger partial charge in [-0.1, -0.05) is 11.6 Å². The van der Waals surface area contributed by atoms with Crippen LogP contribution in [0, 0.1) is 0 Å². The quantitative estimate of drug-likeness (QED) is 0.850. The second-order valence-corrected chi connectivity index (χ2v) is 3.64. The first-order chi connectivity index (χ1) is 8.16. The molecule has 5 nitrogen and oxygen atoms in total. The summed E-state index contributed by atoms with van der Waals surface area (Å²) in [4.78, 5) is 29.1. The monoisotopic (exact) mass is 249 g/mol. The standard InChI is InChI=1S/C11H8ClN3O2/c12-8-2-1-4-14-10(8)15-11(17)7-3-5-13-9(16)6-7/h1-6H,(H,13,16)(H,14,15,17). The van der Waals surface area contributed by atoms with Crippen LogP contribution in [0.1, 0.15) is 10.4 Å². The van der Waals surface area contributed by atoms with E-state index in [0.717, 1.165) is 0 Å². The van der Waals surface area contributed by atoms with Crippen LogP contribution in [0.3, 0.4) is 0 Å². The van der Waals surface area contributed by atoms with Crippen molar-refractivity contribution in [1.82, 2.24) is 9.97 Å². The second kappa shape index (κ2) is 4.80. The fraction of sp³-hybridized carbons (Fsp3) is 0. The third-order valence-electron chi connectivity index (χ3n) is 2.03. The second-order valence-electron chi connectivity index (χ2n) is 3.23. The number of hydrogen-bond donors (Lipinski definition) is 2. The Morgan fingerprint density at radius 3 is 2.94 bits per heavy atom. The van der Waals surface area contributed by atoms with Crippen molar-refractivity contribution in [1.29, 1.82) is 0 Å². The van der Waals surface area contributed by atoms with Crippen molar-refractivity contribution in [3.05, 3.63) is 57.6 Å². The van der Waals surface area contributed by atoms with Crippen LogP contribution in [-0.2, 0) is 0 Å². The van der Waals surface area contributed by atoms with E-state index in [0.29, 0.717) is 5.02 Å². The number of carbonyl (C=O) groups excluding carboxylic acids is 1. The minimum Gasteiger partial charge on any atom is -0.329 e. The van der Waals surface area contributed by atoms with Gasteiger partial charge in [-0.3, -0.25) is 9.59 Å². The first-order valence-corrected chi connectivity index (χ1v) is 5.15. The fourth-order valence-corrected chi connectivity index (χ4v) is 1.41. The third kappa shape index (κ3) is 2.70. The molecular weight excluding hydrogens is 242 g/mol. The molecule has 17 heavy (non-hydrogen) atoms. The lowest BCUT2D eigenvalue weighted by molar-refractivity contribution is 0.102. The summed E-state index contributed by atoms with van der Waals surface area (Å²) >= 11 is 5.84. The highest BCUT2D eigenvalue weighted by atomic mass is 35.5. The van der Waals surface area contributed by atoms with E-state index < -0.39 is 5.91 Å². The Morgan fingerprint density at radius 2 is 2.24 bits per heavy atom. The van der Waals surface area contributed by atoms with Crippen molar-refractivity contribution < 1.29 is 4.79 Å². The summed E-state index contributed by atoms with van der Waals surface area (Å²) in [7, 11) is 0. The maximum absolute atomic E-state index is 11.8. The molecule has 0 spiro atoms. The van der Waals surface area contributed by atoms with Crippen LogP contribution in [0.15, 0.2) is 41.5 Å². The van der Waals surface area contributed by atoms with Gasteiger partial charge >= 0.3 is 0 Å². The van der Waals surface area contributed by atoms with Gasteiger partial charge in [-0.05, 0) is 18.2 Å². The van der Waals surface area contributed by atoms with Gasteiger partial charge in [0, 0.05) is 24.0 Å². The topological polar surface area (TPSA) is 74.8 Å². The van der Waals surface area contributed by atoms with Crippen LogP contribution in [-0.4, -0.2) is 15.9 Å². The minimum atomic E-state index is -0.434. The summed E-state index contributed by atoms with van der Waals surface area (Å²) in [6, 6.07) is 5.97. The van der Waals surface area contributed by atoms with Gasteiger partial charge in [0.2, 0.25) is 5.56 Å². The number of nitrogens with zero attached hydrogens (tertiary/aromatic N) is 1. The average Bonchev–Trinajstić information content (AvgIpc) is 2.32. The van der Waals surface area contributed by atoms with Gasteiger partial charge in [-0.15, -0.1) is 0 Å². The van der Waals surface area contributed by atoms with Crippen molar-refractivity contribution in [2.75, 3.05) is 5.32 Å². The molecule has 0 saturated heterocycles. The molecule has 2 rings (SSSR count). The van der Waals surface area contributed by atoms with Crippen molar-refractivity contribution in [2.45, 2.75) is 0 Å². The first-order valence-electron chi connectivity index (χ1n) is 4.77. The zero-order valence-corrected chi connectivity index (χ0v) is 9.36. The molecule has 0 bridgehead atoms. The summed E-state index contributed by atoms with van der Waals surface area (Å²) in [5, 5.41) is 2.86. The normalized spacial score (nSPS) is 9.94. The Balaban J connectivity index is 2.23. The smallest absolute Gasteiger partial charge is 0.257 e. The molecule has 2 aromatic rings. The first kappa shape index (κ1) is 11.3. The number of nitrogens with one attached hydrogen (secondary N) is 2. The van der Waals surface area contributed by atoms with Gasteiger partial charge in [0.25, 0.3) is 5.91 Å². The Bertz CT molecular complexity index is 609. The van der Waals surface area contributed by atoms with E-state index in [2.05, 4.69) is 15.3 Å². The lowest BCUT2D eigenvalue weighted by Crippen LogP contribution is -2.16. The molecule has 0 aliphatic heterocycles. The molecule has 1 amide bonds. The molecule has 2 heterocycles. The molecule has 2 N–H and O–H groups in total. The number of aromatic amines is 1. The third-order valence-corrected chi connectivity index (χ3v) is 2.33. The molecule has 86 valence electrons. The maximum Gasteiger partial charge on any atom is 0.257 e. The van der Waals surface area contributed by atoms with Crippen molar-refractivity contribution >= 4 is 23.3 Å². The van der Waals surface area contributed by atoms with E-state index in [9.17, 15) is 9.59 Å². The SMILES string of the molecule is O=C(Nc1ncccc1Cl)c1cc[nH]c(=O)c1. The molecule has 0 fully saturated rings. The number of carbonyl (C=O) groups is 1. The Kier molecular flexibility index (Phi) is 3.20. The number of rotatable bonds is 2. The predicted molar refractivity (Wildman–Crippen MR) is 64.3 cm³/mol. The van der Waals surface area contributed by atoms with E-state index in [1.54, 1.807) is 12.1 Å². The number of aromatic nitrogens is 2. The molecule has 0 atom stereocenters. The van der Waals surface area contributed by atoms with Gasteiger partial charge in [-0.25, -0.2) is 4.98 Å². The van der Waals surface area contributed by atoms with Gasteiger partial charge in [0.1, 0.15) is 0 Å². The number of hydrogen-bond acceptors (Lipinski definition) is 3. The summed E-state index contributed by atoms with van der Waals surface area (Å²) in [6.07, 6.45) is 2.91. The number of pyridine rings is 2. The van der Waals surface area contributed by atoms with Crippen LogP contribution in [0.5, 0.6) is 0 Å². The van der Waals surface area contributed by atoms with Crippen LogP contribution in [0.2, 0.25) is 5.02 Å². The summed E-state index contributed by atoms with van der Waals surface area (Å²) in [5.41, 5.74) is -0.0970. The summed E-state index contributed by atoms with van der Waals surface area (Å²) in [6.45, 7) is 0. The Labute approximate surface area is 101 Å². The van der Waals surface area contributed by atoms with E-state index >= 15 is 0 Å². The number of halogens is 1. The Hall–Kier alpha value is -2.14. The van der Waals surface area contributed by atoms with Gasteiger partial charge < -0.3 is 10.3 Å². The van der Waals surface area contributed by atoms with Gasteiger partial charge in [0.15, 0.2) is 5.82 Å². The van der Waals surface area contributed by atoms with Crippen LogP contribution >= 0.6 is 11.6 Å².